The highest BCUT2D eigenvalue weighted by Crippen LogP contribution is 2.18. The van der Waals surface area contributed by atoms with Crippen molar-refractivity contribution in [2.24, 2.45) is 0 Å². The van der Waals surface area contributed by atoms with Crippen molar-refractivity contribution in [3.63, 3.8) is 0 Å². The summed E-state index contributed by atoms with van der Waals surface area (Å²) in [7, 11) is 0. The zero-order valence-corrected chi connectivity index (χ0v) is 13.4. The molecular formula is C23H18O. The first-order valence-corrected chi connectivity index (χ1v) is 8.01. The molecule has 4 rings (SSSR count). The van der Waals surface area contributed by atoms with Crippen LogP contribution in [0.5, 0.6) is 0 Å². The van der Waals surface area contributed by atoms with E-state index in [2.05, 4.69) is 37.4 Å². The van der Waals surface area contributed by atoms with Gasteiger partial charge < -0.3 is 5.11 Å². The van der Waals surface area contributed by atoms with Crippen LogP contribution in [-0.4, -0.2) is 5.11 Å². The van der Waals surface area contributed by atoms with E-state index in [0.29, 0.717) is 0 Å². The summed E-state index contributed by atoms with van der Waals surface area (Å²) in [6.45, 7) is 7.88. The fourth-order valence-electron chi connectivity index (χ4n) is 3.28. The lowest BCUT2D eigenvalue weighted by molar-refractivity contribution is 0.518. The van der Waals surface area contributed by atoms with Crippen molar-refractivity contribution < 1.29 is 5.11 Å². The normalized spacial score (nSPS) is 13.2. The quantitative estimate of drug-likeness (QED) is 0.569. The molecule has 0 aliphatic heterocycles. The Kier molecular flexibility index (Phi) is 3.35. The molecule has 3 aromatic rings. The van der Waals surface area contributed by atoms with Gasteiger partial charge in [0.25, 0.3) is 0 Å². The predicted molar refractivity (Wildman–Crippen MR) is 99.8 cm³/mol. The van der Waals surface area contributed by atoms with E-state index in [1.165, 1.54) is 21.6 Å². The van der Waals surface area contributed by atoms with Gasteiger partial charge in [-0.2, -0.15) is 0 Å². The van der Waals surface area contributed by atoms with Crippen molar-refractivity contribution >= 4 is 25.0 Å². The summed E-state index contributed by atoms with van der Waals surface area (Å²) >= 11 is 0. The minimum atomic E-state index is 0.281. The predicted octanol–water partition coefficient (Wildman–Crippen LogP) is 1.85. The molecule has 1 nitrogen and oxygen atoms in total. The molecule has 0 saturated carbocycles. The molecule has 1 N–H and O–H groups in total. The van der Waals surface area contributed by atoms with Crippen LogP contribution in [0, 0.1) is 10.4 Å². The third kappa shape index (κ3) is 2.55. The molecule has 0 amide bonds. The van der Waals surface area contributed by atoms with Crippen LogP contribution in [0.1, 0.15) is 11.1 Å². The molecule has 3 aromatic carbocycles. The third-order valence-electron chi connectivity index (χ3n) is 4.52. The van der Waals surface area contributed by atoms with Crippen LogP contribution < -0.4 is 20.9 Å². The summed E-state index contributed by atoms with van der Waals surface area (Å²) in [5, 5.41) is 16.8. The van der Waals surface area contributed by atoms with Gasteiger partial charge in [-0.05, 0) is 55.8 Å². The average molecular weight is 310 g/mol. The van der Waals surface area contributed by atoms with Crippen molar-refractivity contribution in [1.82, 2.24) is 0 Å². The zero-order valence-electron chi connectivity index (χ0n) is 13.4. The van der Waals surface area contributed by atoms with E-state index < -0.39 is 0 Å². The molecule has 1 heteroatoms. The second-order valence-electron chi connectivity index (χ2n) is 6.31. The Morgan fingerprint density at radius 2 is 1.42 bits per heavy atom. The molecule has 0 heterocycles. The fourth-order valence-corrected chi connectivity index (χ4v) is 3.28. The Hall–Kier alpha value is -3.06. The molecule has 1 aliphatic rings. The number of aliphatic hydroxyl groups excluding tert-OH is 1. The number of aliphatic hydroxyl groups is 1. The van der Waals surface area contributed by atoms with E-state index >= 15 is 0 Å². The first kappa shape index (κ1) is 14.5. The van der Waals surface area contributed by atoms with Gasteiger partial charge in [-0.1, -0.05) is 67.8 Å². The number of hydrogen-bond acceptors (Lipinski definition) is 1. The zero-order chi connectivity index (χ0) is 16.7. The fraction of sp³-hybridized carbons (Fsp3) is 0.0435. The molecule has 24 heavy (non-hydrogen) atoms. The van der Waals surface area contributed by atoms with Gasteiger partial charge in [0, 0.05) is 5.22 Å². The van der Waals surface area contributed by atoms with Crippen molar-refractivity contribution in [2.75, 3.05) is 0 Å². The second-order valence-corrected chi connectivity index (χ2v) is 6.31. The van der Waals surface area contributed by atoms with Gasteiger partial charge in [0.2, 0.25) is 0 Å². The van der Waals surface area contributed by atoms with E-state index in [4.69, 9.17) is 0 Å². The standard InChI is InChI=1S/C23H18O/c1-15-3-6-17(7-4-15)12-23(24)18-8-10-22-20(13-18)14-19-11-16(2)5-9-21(19)22/h3-13,24H,1-2,14H2/b23-18+. The van der Waals surface area contributed by atoms with Crippen LogP contribution in [0.4, 0.5) is 0 Å². The summed E-state index contributed by atoms with van der Waals surface area (Å²) in [5.41, 5.74) is 2.56. The molecular weight excluding hydrogens is 292 g/mol. The number of benzene rings is 3. The molecule has 0 fully saturated rings. The van der Waals surface area contributed by atoms with Gasteiger partial charge in [0.05, 0.1) is 0 Å². The maximum absolute atomic E-state index is 10.5. The van der Waals surface area contributed by atoms with E-state index in [1.54, 1.807) is 6.08 Å². The van der Waals surface area contributed by atoms with Crippen LogP contribution in [0.15, 0.2) is 60.7 Å². The Labute approximate surface area is 140 Å². The average Bonchev–Trinajstić information content (AvgIpc) is 2.93. The van der Waals surface area contributed by atoms with Crippen LogP contribution in [0.25, 0.3) is 25.0 Å². The Bertz CT molecular complexity index is 1240. The van der Waals surface area contributed by atoms with E-state index in [0.717, 1.165) is 27.3 Å². The van der Waals surface area contributed by atoms with Crippen LogP contribution >= 0.6 is 0 Å². The highest BCUT2D eigenvalue weighted by molar-refractivity contribution is 5.69. The van der Waals surface area contributed by atoms with Gasteiger partial charge in [-0.3, -0.25) is 0 Å². The Balaban J connectivity index is 1.90. The molecule has 0 unspecified atom stereocenters. The van der Waals surface area contributed by atoms with E-state index in [9.17, 15) is 5.11 Å². The lowest BCUT2D eigenvalue weighted by Gasteiger charge is -1.97. The highest BCUT2D eigenvalue weighted by Gasteiger charge is 2.09. The smallest absolute Gasteiger partial charge is 0.123 e. The molecule has 0 saturated heterocycles. The largest absolute Gasteiger partial charge is 0.507 e. The molecule has 0 aromatic heterocycles. The number of hydrogen-bond donors (Lipinski definition) is 1. The summed E-state index contributed by atoms with van der Waals surface area (Å²) in [6, 6.07) is 20.3. The molecule has 0 spiro atoms. The van der Waals surface area contributed by atoms with Crippen LogP contribution in [-0.2, 0) is 6.42 Å². The van der Waals surface area contributed by atoms with E-state index in [1.807, 2.05) is 36.4 Å². The van der Waals surface area contributed by atoms with Crippen LogP contribution in [0.2, 0.25) is 0 Å². The maximum atomic E-state index is 10.5. The van der Waals surface area contributed by atoms with Crippen molar-refractivity contribution in [3.8, 4) is 0 Å². The van der Waals surface area contributed by atoms with Gasteiger partial charge in [0.15, 0.2) is 0 Å². The third-order valence-corrected chi connectivity index (χ3v) is 4.52. The maximum Gasteiger partial charge on any atom is 0.123 e. The first-order chi connectivity index (χ1) is 11.6. The van der Waals surface area contributed by atoms with Crippen molar-refractivity contribution in [1.29, 1.82) is 0 Å². The minimum absolute atomic E-state index is 0.281. The van der Waals surface area contributed by atoms with Crippen molar-refractivity contribution in [2.45, 2.75) is 6.42 Å². The topological polar surface area (TPSA) is 20.2 Å². The van der Waals surface area contributed by atoms with Gasteiger partial charge in [-0.15, -0.1) is 0 Å². The number of fused-ring (bicyclic) bond motifs is 2. The highest BCUT2D eigenvalue weighted by atomic mass is 16.3. The van der Waals surface area contributed by atoms with Gasteiger partial charge in [0.1, 0.15) is 5.76 Å². The first-order valence-electron chi connectivity index (χ1n) is 8.01. The number of rotatable bonds is 1. The summed E-state index contributed by atoms with van der Waals surface area (Å²) < 4.78 is 0. The molecule has 0 atom stereocenters. The van der Waals surface area contributed by atoms with Crippen LogP contribution in [0.3, 0.4) is 0 Å². The molecule has 0 bridgehead atoms. The summed E-state index contributed by atoms with van der Waals surface area (Å²) in [6.07, 6.45) is 2.68. The lowest BCUT2D eigenvalue weighted by Crippen LogP contribution is -2.10. The van der Waals surface area contributed by atoms with Gasteiger partial charge in [-0.25, -0.2) is 0 Å². The SMILES string of the molecule is C=c1ccc(=C/C(O)=c2/ccc3c(c2)Cc2cc(=C)ccc2=3)cc1. The molecule has 116 valence electrons. The van der Waals surface area contributed by atoms with Crippen molar-refractivity contribution in [3.05, 3.63) is 103 Å². The summed E-state index contributed by atoms with van der Waals surface area (Å²) in [5.74, 6) is 0.281. The monoisotopic (exact) mass is 310 g/mol. The molecule has 1 aliphatic carbocycles. The minimum Gasteiger partial charge on any atom is -0.507 e. The van der Waals surface area contributed by atoms with Gasteiger partial charge >= 0.3 is 0 Å². The second kappa shape index (κ2) is 5.54. The lowest BCUT2D eigenvalue weighted by atomic mass is 10.1. The molecule has 0 radical (unpaired) electrons. The summed E-state index contributed by atoms with van der Waals surface area (Å²) in [4.78, 5) is 0. The Morgan fingerprint density at radius 1 is 0.792 bits per heavy atom. The van der Waals surface area contributed by atoms with E-state index in [-0.39, 0.29) is 5.76 Å². The Morgan fingerprint density at radius 3 is 2.17 bits per heavy atom.